The molecule has 4 rings (SSSR count). The highest BCUT2D eigenvalue weighted by Crippen LogP contribution is 2.20. The predicted octanol–water partition coefficient (Wildman–Crippen LogP) is 3.43. The van der Waals surface area contributed by atoms with Crippen LogP contribution < -0.4 is 4.57 Å². The van der Waals surface area contributed by atoms with Gasteiger partial charge in [-0.3, -0.25) is 4.79 Å². The van der Waals surface area contributed by atoms with Crippen molar-refractivity contribution in [1.82, 2.24) is 4.98 Å². The van der Waals surface area contributed by atoms with Crippen LogP contribution in [0.1, 0.15) is 15.9 Å². The van der Waals surface area contributed by atoms with Crippen LogP contribution in [0.5, 0.6) is 0 Å². The van der Waals surface area contributed by atoms with Gasteiger partial charge in [-0.1, -0.05) is 12.1 Å². The minimum absolute atomic E-state index is 0.00470. The number of hydrogen-bond donors (Lipinski definition) is 0. The first-order valence-electron chi connectivity index (χ1n) is 7.95. The van der Waals surface area contributed by atoms with Crippen LogP contribution in [-0.2, 0) is 6.54 Å². The van der Waals surface area contributed by atoms with Gasteiger partial charge in [0.05, 0.1) is 11.6 Å². The van der Waals surface area contributed by atoms with Crippen LogP contribution in [-0.4, -0.2) is 10.8 Å². The lowest BCUT2D eigenvalue weighted by molar-refractivity contribution is -0.656. The summed E-state index contributed by atoms with van der Waals surface area (Å²) in [6.45, 7) is 0.221. The first-order chi connectivity index (χ1) is 12.3. The largest absolute Gasteiger partial charge is 0.287 e. The SMILES string of the molecule is N#Cc1ccc(C(=O)C[n+]2cccc3ccc4cccnc4c32)cc1. The molecule has 0 radical (unpaired) electrons. The average Bonchev–Trinajstić information content (AvgIpc) is 2.68. The summed E-state index contributed by atoms with van der Waals surface area (Å²) in [5.41, 5.74) is 2.97. The molecule has 0 saturated heterocycles. The Labute approximate surface area is 144 Å². The molecule has 2 heterocycles. The minimum atomic E-state index is -0.00470. The molecule has 25 heavy (non-hydrogen) atoms. The lowest BCUT2D eigenvalue weighted by Crippen LogP contribution is -2.38. The Kier molecular flexibility index (Phi) is 3.68. The Hall–Kier alpha value is -3.58. The third-order valence-electron chi connectivity index (χ3n) is 4.26. The zero-order valence-corrected chi connectivity index (χ0v) is 13.4. The van der Waals surface area contributed by atoms with Gasteiger partial charge >= 0.3 is 0 Å². The molecule has 0 N–H and O–H groups in total. The van der Waals surface area contributed by atoms with E-state index in [-0.39, 0.29) is 12.3 Å². The molecule has 0 unspecified atom stereocenters. The number of hydrogen-bond acceptors (Lipinski definition) is 3. The number of fused-ring (bicyclic) bond motifs is 3. The second kappa shape index (κ2) is 6.14. The van der Waals surface area contributed by atoms with Crippen LogP contribution in [0.4, 0.5) is 0 Å². The van der Waals surface area contributed by atoms with Crippen LogP contribution in [0, 0.1) is 11.3 Å². The van der Waals surface area contributed by atoms with Crippen molar-refractivity contribution in [2.45, 2.75) is 6.54 Å². The summed E-state index contributed by atoms with van der Waals surface area (Å²) >= 11 is 0. The van der Waals surface area contributed by atoms with E-state index < -0.39 is 0 Å². The highest BCUT2D eigenvalue weighted by atomic mass is 16.1. The summed E-state index contributed by atoms with van der Waals surface area (Å²) in [5, 5.41) is 11.0. The molecular formula is C21H14N3O+. The van der Waals surface area contributed by atoms with Gasteiger partial charge in [-0.2, -0.15) is 9.83 Å². The molecule has 118 valence electrons. The Morgan fingerprint density at radius 2 is 1.76 bits per heavy atom. The van der Waals surface area contributed by atoms with E-state index in [0.717, 1.165) is 21.8 Å². The van der Waals surface area contributed by atoms with Crippen molar-refractivity contribution in [2.24, 2.45) is 0 Å². The number of Topliss-reactive ketones (excluding diaryl/α,β-unsaturated/α-hetero) is 1. The van der Waals surface area contributed by atoms with E-state index in [9.17, 15) is 4.79 Å². The lowest BCUT2D eigenvalue weighted by atomic mass is 10.1. The maximum atomic E-state index is 12.7. The van der Waals surface area contributed by atoms with Gasteiger partial charge in [-0.15, -0.1) is 0 Å². The van der Waals surface area contributed by atoms with Gasteiger partial charge < -0.3 is 0 Å². The number of rotatable bonds is 3. The molecule has 4 aromatic rings. The van der Waals surface area contributed by atoms with E-state index in [0.29, 0.717) is 11.1 Å². The molecule has 0 aliphatic heterocycles. The Morgan fingerprint density at radius 1 is 1.00 bits per heavy atom. The minimum Gasteiger partial charge on any atom is -0.287 e. The quantitative estimate of drug-likeness (QED) is 0.329. The molecule has 4 heteroatoms. The number of pyridine rings is 2. The maximum Gasteiger partial charge on any atom is 0.239 e. The van der Waals surface area contributed by atoms with Crippen LogP contribution >= 0.6 is 0 Å². The van der Waals surface area contributed by atoms with Crippen molar-refractivity contribution in [2.75, 3.05) is 0 Å². The molecule has 0 atom stereocenters. The fourth-order valence-electron chi connectivity index (χ4n) is 3.02. The fourth-order valence-corrected chi connectivity index (χ4v) is 3.02. The van der Waals surface area contributed by atoms with Crippen molar-refractivity contribution in [3.8, 4) is 6.07 Å². The highest BCUT2D eigenvalue weighted by Gasteiger charge is 2.18. The summed E-state index contributed by atoms with van der Waals surface area (Å²) in [7, 11) is 0. The molecule has 0 bridgehead atoms. The molecule has 0 saturated carbocycles. The van der Waals surface area contributed by atoms with Gasteiger partial charge in [0, 0.05) is 28.6 Å². The molecule has 2 aromatic heterocycles. The second-order valence-corrected chi connectivity index (χ2v) is 5.83. The topological polar surface area (TPSA) is 57.6 Å². The van der Waals surface area contributed by atoms with Crippen LogP contribution in [0.15, 0.2) is 73.1 Å². The van der Waals surface area contributed by atoms with E-state index in [1.165, 1.54) is 0 Å². The van der Waals surface area contributed by atoms with Gasteiger partial charge in [0.25, 0.3) is 0 Å². The smallest absolute Gasteiger partial charge is 0.239 e. The molecular weight excluding hydrogens is 310 g/mol. The van der Waals surface area contributed by atoms with Crippen molar-refractivity contribution in [3.05, 3.63) is 84.2 Å². The summed E-state index contributed by atoms with van der Waals surface area (Å²) < 4.78 is 1.94. The van der Waals surface area contributed by atoms with Crippen LogP contribution in [0.3, 0.4) is 0 Å². The van der Waals surface area contributed by atoms with Gasteiger partial charge in [0.2, 0.25) is 17.8 Å². The summed E-state index contributed by atoms with van der Waals surface area (Å²) in [4.78, 5) is 17.2. The van der Waals surface area contributed by atoms with E-state index in [1.54, 1.807) is 30.5 Å². The monoisotopic (exact) mass is 324 g/mol. The number of nitriles is 1. The summed E-state index contributed by atoms with van der Waals surface area (Å²) in [5.74, 6) is -0.00470. The van der Waals surface area contributed by atoms with Crippen molar-refractivity contribution < 1.29 is 9.36 Å². The third kappa shape index (κ3) is 2.73. The molecule has 0 amide bonds. The molecule has 0 fully saturated rings. The number of aromatic nitrogens is 2. The standard InChI is InChI=1S/C21H14N3O/c22-13-15-5-7-16(8-6-15)19(25)14-24-12-2-4-18-10-9-17-3-1-11-23-20(17)21(18)24/h1-12H,14H2/q+1. The normalized spacial score (nSPS) is 10.7. The summed E-state index contributed by atoms with van der Waals surface area (Å²) in [6.07, 6.45) is 3.67. The van der Waals surface area contributed by atoms with Crippen molar-refractivity contribution in [1.29, 1.82) is 5.26 Å². The highest BCUT2D eigenvalue weighted by molar-refractivity contribution is 6.01. The van der Waals surface area contributed by atoms with Crippen LogP contribution in [0.25, 0.3) is 21.8 Å². The maximum absolute atomic E-state index is 12.7. The van der Waals surface area contributed by atoms with Crippen LogP contribution in [0.2, 0.25) is 0 Å². The van der Waals surface area contributed by atoms with E-state index >= 15 is 0 Å². The van der Waals surface area contributed by atoms with E-state index in [2.05, 4.69) is 11.1 Å². The van der Waals surface area contributed by atoms with Gasteiger partial charge in [-0.25, -0.2) is 4.98 Å². The Balaban J connectivity index is 1.79. The number of benzene rings is 2. The van der Waals surface area contributed by atoms with Gasteiger partial charge in [0.1, 0.15) is 5.52 Å². The number of carbonyl (C=O) groups excluding carboxylic acids is 1. The molecule has 0 aliphatic rings. The average molecular weight is 324 g/mol. The molecule has 0 spiro atoms. The zero-order chi connectivity index (χ0) is 17.2. The van der Waals surface area contributed by atoms with E-state index in [1.807, 2.05) is 47.2 Å². The van der Waals surface area contributed by atoms with Crippen molar-refractivity contribution >= 4 is 27.6 Å². The first kappa shape index (κ1) is 15.0. The second-order valence-electron chi connectivity index (χ2n) is 5.83. The Morgan fingerprint density at radius 3 is 2.56 bits per heavy atom. The number of carbonyl (C=O) groups is 1. The molecule has 4 nitrogen and oxygen atoms in total. The number of nitrogens with zero attached hydrogens (tertiary/aromatic N) is 3. The van der Waals surface area contributed by atoms with Crippen molar-refractivity contribution in [3.63, 3.8) is 0 Å². The summed E-state index contributed by atoms with van der Waals surface area (Å²) in [6, 6.07) is 20.7. The van der Waals surface area contributed by atoms with Gasteiger partial charge in [0.15, 0.2) is 6.20 Å². The predicted molar refractivity (Wildman–Crippen MR) is 94.9 cm³/mol. The molecule has 2 aromatic carbocycles. The first-order valence-corrected chi connectivity index (χ1v) is 7.95. The van der Waals surface area contributed by atoms with Gasteiger partial charge in [-0.05, 0) is 42.5 Å². The number of ketones is 1. The van der Waals surface area contributed by atoms with E-state index in [4.69, 9.17) is 5.26 Å². The Bertz CT molecular complexity index is 1140. The zero-order valence-electron chi connectivity index (χ0n) is 13.4. The fraction of sp³-hybridized carbons (Fsp3) is 0.0476. The lowest BCUT2D eigenvalue weighted by Gasteiger charge is -2.04. The third-order valence-corrected chi connectivity index (χ3v) is 4.26. The molecule has 0 aliphatic carbocycles.